The number of amides is 3. The molecule has 2 atom stereocenters. The van der Waals surface area contributed by atoms with E-state index in [2.05, 4.69) is 48.4 Å². The molecular formula is C30H29BrFN7O4. The number of nitrogens with one attached hydrogen (secondary N) is 1. The topological polar surface area (TPSA) is 136 Å². The van der Waals surface area contributed by atoms with Gasteiger partial charge >= 0.3 is 0 Å². The van der Waals surface area contributed by atoms with Gasteiger partial charge in [0, 0.05) is 30.6 Å². The van der Waals surface area contributed by atoms with E-state index in [1.54, 1.807) is 24.3 Å². The number of ether oxygens (including phenoxy) is 1. The number of hydrogen-bond donors (Lipinski definition) is 2. The molecule has 2 unspecified atom stereocenters. The summed E-state index contributed by atoms with van der Waals surface area (Å²) < 4.78 is 21.8. The number of hydrogen-bond acceptors (Lipinski definition) is 7. The van der Waals surface area contributed by atoms with E-state index in [0.29, 0.717) is 28.7 Å². The van der Waals surface area contributed by atoms with Crippen molar-refractivity contribution in [3.63, 3.8) is 0 Å². The molecule has 2 aliphatic rings. The van der Waals surface area contributed by atoms with Crippen LogP contribution in [0.4, 0.5) is 15.9 Å². The fourth-order valence-electron chi connectivity index (χ4n) is 5.56. The number of nitrogens with zero attached hydrogens (tertiary/aromatic N) is 5. The lowest BCUT2D eigenvalue weighted by Crippen LogP contribution is -2.44. The average Bonchev–Trinajstić information content (AvgIpc) is 3.58. The van der Waals surface area contributed by atoms with E-state index in [0.717, 1.165) is 29.9 Å². The Hall–Kier alpha value is -4.36. The molecule has 2 fully saturated rings. The summed E-state index contributed by atoms with van der Waals surface area (Å²) in [6.07, 6.45) is -1.49. The van der Waals surface area contributed by atoms with E-state index in [1.807, 2.05) is 24.3 Å². The number of fused-ring (bicyclic) bond motifs is 1. The second kappa shape index (κ2) is 12.1. The Morgan fingerprint density at radius 3 is 2.51 bits per heavy atom. The van der Waals surface area contributed by atoms with Crippen LogP contribution in [0.1, 0.15) is 16.9 Å². The monoisotopic (exact) mass is 649 g/mol. The number of benzene rings is 2. The Bertz CT molecular complexity index is 1690. The number of alkyl halides is 1. The minimum atomic E-state index is -1.36. The van der Waals surface area contributed by atoms with Gasteiger partial charge in [0.05, 0.1) is 25.3 Å². The number of pyridine rings is 1. The van der Waals surface area contributed by atoms with Crippen molar-refractivity contribution in [3.8, 4) is 11.1 Å². The smallest absolute Gasteiger partial charge is 0.269 e. The molecule has 4 aromatic rings. The quantitative estimate of drug-likeness (QED) is 0.293. The van der Waals surface area contributed by atoms with Gasteiger partial charge in [-0.3, -0.25) is 19.1 Å². The van der Waals surface area contributed by atoms with Gasteiger partial charge in [0.15, 0.2) is 5.69 Å². The third-order valence-electron chi connectivity index (χ3n) is 7.69. The van der Waals surface area contributed by atoms with Crippen LogP contribution >= 0.6 is 15.9 Å². The number of primary amides is 1. The first-order valence-electron chi connectivity index (χ1n) is 13.9. The molecule has 3 N–H and O–H groups in total. The molecule has 11 nitrogen and oxygen atoms in total. The predicted molar refractivity (Wildman–Crippen MR) is 162 cm³/mol. The number of rotatable bonds is 7. The van der Waals surface area contributed by atoms with E-state index in [1.165, 1.54) is 9.58 Å². The highest BCUT2D eigenvalue weighted by atomic mass is 79.9. The minimum Gasteiger partial charge on any atom is -0.378 e. The average molecular weight is 651 g/mol. The molecule has 43 heavy (non-hydrogen) atoms. The molecule has 0 bridgehead atoms. The maximum absolute atomic E-state index is 14.5. The molecule has 0 spiro atoms. The highest BCUT2D eigenvalue weighted by molar-refractivity contribution is 9.10. The fraction of sp³-hybridized carbons (Fsp3) is 0.300. The van der Waals surface area contributed by atoms with Crippen molar-refractivity contribution in [3.05, 3.63) is 71.0 Å². The van der Waals surface area contributed by atoms with Gasteiger partial charge in [-0.05, 0) is 63.5 Å². The van der Waals surface area contributed by atoms with Gasteiger partial charge in [-0.15, -0.1) is 0 Å². The zero-order chi connectivity index (χ0) is 30.1. The van der Waals surface area contributed by atoms with Crippen molar-refractivity contribution < 1.29 is 23.5 Å². The van der Waals surface area contributed by atoms with Crippen molar-refractivity contribution >= 4 is 56.1 Å². The molecule has 2 saturated heterocycles. The maximum Gasteiger partial charge on any atom is 0.269 e. The number of anilines is 2. The van der Waals surface area contributed by atoms with E-state index >= 15 is 0 Å². The lowest BCUT2D eigenvalue weighted by molar-refractivity contribution is -0.137. The van der Waals surface area contributed by atoms with Gasteiger partial charge in [-0.2, -0.15) is 5.10 Å². The number of likely N-dealkylation sites (tertiary alicyclic amines) is 1. The molecule has 4 heterocycles. The van der Waals surface area contributed by atoms with Crippen LogP contribution < -0.4 is 16.0 Å². The summed E-state index contributed by atoms with van der Waals surface area (Å²) in [6, 6.07) is 17.6. The van der Waals surface area contributed by atoms with Crippen LogP contribution in [0, 0.1) is 0 Å². The molecule has 3 amide bonds. The number of carbonyl (C=O) groups is 3. The molecule has 0 aliphatic carbocycles. The van der Waals surface area contributed by atoms with Crippen LogP contribution in [-0.2, 0) is 20.9 Å². The second-order valence-electron chi connectivity index (χ2n) is 10.5. The van der Waals surface area contributed by atoms with Gasteiger partial charge in [-0.1, -0.05) is 24.3 Å². The lowest BCUT2D eigenvalue weighted by atomic mass is 10.0. The van der Waals surface area contributed by atoms with Crippen LogP contribution in [0.2, 0.25) is 0 Å². The highest BCUT2D eigenvalue weighted by Crippen LogP contribution is 2.29. The molecular weight excluding hydrogens is 621 g/mol. The Kier molecular flexibility index (Phi) is 8.08. The zero-order valence-corrected chi connectivity index (χ0v) is 24.7. The van der Waals surface area contributed by atoms with E-state index < -0.39 is 29.9 Å². The number of aromatic nitrogens is 3. The minimum absolute atomic E-state index is 0.0226. The van der Waals surface area contributed by atoms with Gasteiger partial charge in [0.2, 0.25) is 11.8 Å². The second-order valence-corrected chi connectivity index (χ2v) is 11.3. The highest BCUT2D eigenvalue weighted by Gasteiger charge is 2.40. The van der Waals surface area contributed by atoms with Crippen molar-refractivity contribution in [2.75, 3.05) is 43.1 Å². The van der Waals surface area contributed by atoms with Gasteiger partial charge in [0.25, 0.3) is 5.91 Å². The Labute approximate surface area is 254 Å². The third kappa shape index (κ3) is 6.09. The number of morpholine rings is 1. The van der Waals surface area contributed by atoms with Crippen LogP contribution in [0.25, 0.3) is 22.0 Å². The van der Waals surface area contributed by atoms with Gasteiger partial charge in [-0.25, -0.2) is 9.37 Å². The molecule has 13 heteroatoms. The summed E-state index contributed by atoms with van der Waals surface area (Å²) in [5.41, 5.74) is 9.11. The summed E-state index contributed by atoms with van der Waals surface area (Å²) in [5.74, 6) is -1.50. The maximum atomic E-state index is 14.5. The molecule has 222 valence electrons. The van der Waals surface area contributed by atoms with Crippen molar-refractivity contribution in [2.45, 2.75) is 25.2 Å². The SMILES string of the molecule is NC(=O)c1nn(CC(=O)N2CC(F)CC2C(=O)Nc2cccc(Br)n2)c2ccc(-c3ccc(N4CCOCC4)cc3)cc12. The Morgan fingerprint density at radius 2 is 1.79 bits per heavy atom. The van der Waals surface area contributed by atoms with Crippen LogP contribution in [0.15, 0.2) is 65.3 Å². The molecule has 6 rings (SSSR count). The molecule has 2 aromatic carbocycles. The number of carbonyl (C=O) groups excluding carboxylic acids is 3. The van der Waals surface area contributed by atoms with Crippen LogP contribution in [0.3, 0.4) is 0 Å². The summed E-state index contributed by atoms with van der Waals surface area (Å²) >= 11 is 3.25. The first-order chi connectivity index (χ1) is 20.8. The van der Waals surface area contributed by atoms with Crippen LogP contribution in [-0.4, -0.2) is 82.4 Å². The zero-order valence-electron chi connectivity index (χ0n) is 23.1. The molecule has 0 saturated carbocycles. The molecule has 2 aliphatic heterocycles. The summed E-state index contributed by atoms with van der Waals surface area (Å²) in [4.78, 5) is 46.4. The Morgan fingerprint density at radius 1 is 1.05 bits per heavy atom. The first kappa shape index (κ1) is 28.7. The van der Waals surface area contributed by atoms with Gasteiger partial charge < -0.3 is 25.6 Å². The fourth-order valence-corrected chi connectivity index (χ4v) is 5.91. The van der Waals surface area contributed by atoms with E-state index in [-0.39, 0.29) is 31.0 Å². The van der Waals surface area contributed by atoms with Gasteiger partial charge in [0.1, 0.15) is 29.2 Å². The lowest BCUT2D eigenvalue weighted by Gasteiger charge is -2.28. The van der Waals surface area contributed by atoms with Crippen molar-refractivity contribution in [2.24, 2.45) is 5.73 Å². The van der Waals surface area contributed by atoms with E-state index in [9.17, 15) is 18.8 Å². The normalized spacial score (nSPS) is 18.7. The van der Waals surface area contributed by atoms with Crippen LogP contribution in [0.5, 0.6) is 0 Å². The summed E-state index contributed by atoms with van der Waals surface area (Å²) in [7, 11) is 0. The third-order valence-corrected chi connectivity index (χ3v) is 8.13. The molecule has 2 aromatic heterocycles. The van der Waals surface area contributed by atoms with E-state index in [4.69, 9.17) is 10.5 Å². The standard InChI is InChI=1S/C30H29BrFN7O4/c31-25-2-1-3-26(34-25)35-30(42)24-15-20(32)16-38(24)27(40)17-39-23-9-6-19(14-22(23)28(36-39)29(33)41)18-4-7-21(8-5-18)37-10-12-43-13-11-37/h1-9,14,20,24H,10-13,15-17H2,(H2,33,41)(H,34,35,42). The molecule has 0 radical (unpaired) electrons. The van der Waals surface area contributed by atoms with Crippen molar-refractivity contribution in [1.29, 1.82) is 0 Å². The summed E-state index contributed by atoms with van der Waals surface area (Å²) in [5, 5.41) is 7.49. The Balaban J connectivity index is 1.23. The summed E-state index contributed by atoms with van der Waals surface area (Å²) in [6.45, 7) is 2.54. The largest absolute Gasteiger partial charge is 0.378 e. The predicted octanol–water partition coefficient (Wildman–Crippen LogP) is 3.37. The first-order valence-corrected chi connectivity index (χ1v) is 14.7. The number of nitrogens with two attached hydrogens (primary N) is 1. The number of halogens is 2. The van der Waals surface area contributed by atoms with Crippen molar-refractivity contribution in [1.82, 2.24) is 19.7 Å².